The van der Waals surface area contributed by atoms with Gasteiger partial charge in [0.25, 0.3) is 0 Å². The monoisotopic (exact) mass is 346 g/mol. The third-order valence-corrected chi connectivity index (χ3v) is 4.45. The van der Waals surface area contributed by atoms with Crippen molar-refractivity contribution in [3.63, 3.8) is 0 Å². The second-order valence-electron chi connectivity index (χ2n) is 6.26. The predicted octanol–water partition coefficient (Wildman–Crippen LogP) is 2.94. The van der Waals surface area contributed by atoms with Crippen molar-refractivity contribution in [3.05, 3.63) is 29.8 Å². The zero-order chi connectivity index (χ0) is 17.6. The van der Waals surface area contributed by atoms with Crippen LogP contribution in [0.3, 0.4) is 0 Å². The summed E-state index contributed by atoms with van der Waals surface area (Å²) in [6.07, 6.45) is -2.47. The summed E-state index contributed by atoms with van der Waals surface area (Å²) in [4.78, 5) is 2.26. The number of aliphatic hydroxyl groups is 1. The number of alkyl halides is 3. The SMILES string of the molecule is CC(NCC1CCN(CCO)CC1)c1ccc(OC(F)(F)F)cc1. The normalized spacial score (nSPS) is 18.5. The van der Waals surface area contributed by atoms with Gasteiger partial charge in [0, 0.05) is 12.6 Å². The minimum absolute atomic E-state index is 0.0698. The summed E-state index contributed by atoms with van der Waals surface area (Å²) in [6.45, 7) is 5.84. The van der Waals surface area contributed by atoms with E-state index in [-0.39, 0.29) is 18.4 Å². The maximum Gasteiger partial charge on any atom is 0.573 e. The number of nitrogens with zero attached hydrogens (tertiary/aromatic N) is 1. The van der Waals surface area contributed by atoms with Gasteiger partial charge in [-0.3, -0.25) is 0 Å². The summed E-state index contributed by atoms with van der Waals surface area (Å²) in [5, 5.41) is 12.4. The highest BCUT2D eigenvalue weighted by atomic mass is 19.4. The number of benzene rings is 1. The van der Waals surface area contributed by atoms with Crippen LogP contribution in [-0.4, -0.2) is 49.2 Å². The van der Waals surface area contributed by atoms with Crippen LogP contribution in [0, 0.1) is 5.92 Å². The van der Waals surface area contributed by atoms with E-state index in [2.05, 4.69) is 15.0 Å². The van der Waals surface area contributed by atoms with Gasteiger partial charge in [0.2, 0.25) is 0 Å². The minimum atomic E-state index is -4.66. The second kappa shape index (κ2) is 8.69. The molecule has 0 aliphatic carbocycles. The molecule has 1 fully saturated rings. The number of piperidine rings is 1. The fraction of sp³-hybridized carbons (Fsp3) is 0.647. The fourth-order valence-electron chi connectivity index (χ4n) is 2.98. The van der Waals surface area contributed by atoms with Gasteiger partial charge in [-0.2, -0.15) is 0 Å². The molecule has 1 saturated heterocycles. The smallest absolute Gasteiger partial charge is 0.406 e. The first-order valence-corrected chi connectivity index (χ1v) is 8.29. The zero-order valence-electron chi connectivity index (χ0n) is 13.9. The van der Waals surface area contributed by atoms with Crippen LogP contribution in [0.1, 0.15) is 31.4 Å². The molecule has 1 aliphatic heterocycles. The van der Waals surface area contributed by atoms with Crippen LogP contribution in [0.15, 0.2) is 24.3 Å². The third kappa shape index (κ3) is 6.30. The van der Waals surface area contributed by atoms with Crippen molar-refractivity contribution < 1.29 is 23.0 Å². The molecule has 0 bridgehead atoms. The summed E-state index contributed by atoms with van der Waals surface area (Å²) in [5.74, 6) is 0.393. The summed E-state index contributed by atoms with van der Waals surface area (Å²) in [7, 11) is 0. The Hall–Kier alpha value is -1.31. The van der Waals surface area contributed by atoms with Crippen LogP contribution in [0.25, 0.3) is 0 Å². The molecule has 0 saturated carbocycles. The van der Waals surface area contributed by atoms with Gasteiger partial charge in [0.1, 0.15) is 5.75 Å². The van der Waals surface area contributed by atoms with Gasteiger partial charge >= 0.3 is 6.36 Å². The van der Waals surface area contributed by atoms with Gasteiger partial charge in [-0.25, -0.2) is 0 Å². The molecule has 2 rings (SSSR count). The van der Waals surface area contributed by atoms with Gasteiger partial charge in [0.05, 0.1) is 6.61 Å². The molecular weight excluding hydrogens is 321 g/mol. The first-order valence-electron chi connectivity index (χ1n) is 8.29. The fourth-order valence-corrected chi connectivity index (χ4v) is 2.98. The first kappa shape index (κ1) is 19.0. The van der Waals surface area contributed by atoms with E-state index in [0.29, 0.717) is 5.92 Å². The number of hydrogen-bond donors (Lipinski definition) is 2. The van der Waals surface area contributed by atoms with E-state index in [1.165, 1.54) is 12.1 Å². The highest BCUT2D eigenvalue weighted by Crippen LogP contribution is 2.24. The van der Waals surface area contributed by atoms with Crippen molar-refractivity contribution in [2.45, 2.75) is 32.2 Å². The van der Waals surface area contributed by atoms with Crippen LogP contribution in [0.5, 0.6) is 5.75 Å². The average Bonchev–Trinajstić information content (AvgIpc) is 2.53. The Labute approximate surface area is 140 Å². The maximum atomic E-state index is 12.2. The van der Waals surface area contributed by atoms with Crippen molar-refractivity contribution >= 4 is 0 Å². The lowest BCUT2D eigenvalue weighted by Crippen LogP contribution is -2.39. The number of aliphatic hydroxyl groups excluding tert-OH is 1. The van der Waals surface area contributed by atoms with E-state index < -0.39 is 6.36 Å². The maximum absolute atomic E-state index is 12.2. The molecule has 4 nitrogen and oxygen atoms in total. The molecule has 2 N–H and O–H groups in total. The molecule has 1 aromatic carbocycles. The van der Waals surface area contributed by atoms with Crippen molar-refractivity contribution in [2.24, 2.45) is 5.92 Å². The molecule has 1 atom stereocenters. The molecule has 0 aromatic heterocycles. The van der Waals surface area contributed by atoms with Gasteiger partial charge in [0.15, 0.2) is 0 Å². The van der Waals surface area contributed by atoms with E-state index in [0.717, 1.165) is 44.6 Å². The predicted molar refractivity (Wildman–Crippen MR) is 85.8 cm³/mol. The average molecular weight is 346 g/mol. The Kier molecular flexibility index (Phi) is 6.89. The van der Waals surface area contributed by atoms with Crippen LogP contribution >= 0.6 is 0 Å². The summed E-state index contributed by atoms with van der Waals surface area (Å²) >= 11 is 0. The summed E-state index contributed by atoms with van der Waals surface area (Å²) in [5.41, 5.74) is 0.933. The molecule has 0 amide bonds. The number of halogens is 3. The first-order chi connectivity index (χ1) is 11.4. The Morgan fingerprint density at radius 2 is 1.88 bits per heavy atom. The molecule has 7 heteroatoms. The zero-order valence-corrected chi connectivity index (χ0v) is 13.9. The lowest BCUT2D eigenvalue weighted by Gasteiger charge is -2.32. The number of likely N-dealkylation sites (tertiary alicyclic amines) is 1. The Morgan fingerprint density at radius 1 is 1.25 bits per heavy atom. The number of ether oxygens (including phenoxy) is 1. The van der Waals surface area contributed by atoms with Gasteiger partial charge in [-0.05, 0) is 63.0 Å². The molecule has 1 unspecified atom stereocenters. The molecule has 24 heavy (non-hydrogen) atoms. The lowest BCUT2D eigenvalue weighted by molar-refractivity contribution is -0.274. The third-order valence-electron chi connectivity index (χ3n) is 4.45. The van der Waals surface area contributed by atoms with Crippen LogP contribution in [0.4, 0.5) is 13.2 Å². The van der Waals surface area contributed by atoms with E-state index in [4.69, 9.17) is 5.11 Å². The number of nitrogens with one attached hydrogen (secondary N) is 1. The van der Waals surface area contributed by atoms with Crippen LogP contribution < -0.4 is 10.1 Å². The van der Waals surface area contributed by atoms with Gasteiger partial charge in [-0.1, -0.05) is 12.1 Å². The highest BCUT2D eigenvalue weighted by molar-refractivity contribution is 5.29. The summed E-state index contributed by atoms with van der Waals surface area (Å²) < 4.78 is 40.3. The topological polar surface area (TPSA) is 44.7 Å². The molecule has 1 aliphatic rings. The largest absolute Gasteiger partial charge is 0.573 e. The van der Waals surface area contributed by atoms with Crippen molar-refractivity contribution in [1.82, 2.24) is 10.2 Å². The second-order valence-corrected chi connectivity index (χ2v) is 6.26. The van der Waals surface area contributed by atoms with Gasteiger partial charge < -0.3 is 20.1 Å². The minimum Gasteiger partial charge on any atom is -0.406 e. The number of β-amino-alcohol motifs (C(OH)–C–C–N with tert-alkyl or cyclic N) is 1. The van der Waals surface area contributed by atoms with Crippen molar-refractivity contribution in [2.75, 3.05) is 32.8 Å². The van der Waals surface area contributed by atoms with E-state index >= 15 is 0 Å². The standard InChI is InChI=1S/C17H25F3N2O2/c1-13(15-2-4-16(5-3-15)24-17(18,19)20)21-12-14-6-8-22(9-7-14)10-11-23/h2-5,13-14,21,23H,6-12H2,1H3. The summed E-state index contributed by atoms with van der Waals surface area (Å²) in [6, 6.07) is 6.06. The number of hydrogen-bond acceptors (Lipinski definition) is 4. The molecule has 0 radical (unpaired) electrons. The van der Waals surface area contributed by atoms with Gasteiger partial charge in [-0.15, -0.1) is 13.2 Å². The van der Waals surface area contributed by atoms with E-state index in [1.807, 2.05) is 6.92 Å². The Morgan fingerprint density at radius 3 is 2.42 bits per heavy atom. The van der Waals surface area contributed by atoms with Crippen LogP contribution in [-0.2, 0) is 0 Å². The quantitative estimate of drug-likeness (QED) is 0.797. The van der Waals surface area contributed by atoms with E-state index in [1.54, 1.807) is 12.1 Å². The van der Waals surface area contributed by atoms with Crippen molar-refractivity contribution in [3.8, 4) is 5.75 Å². The molecular formula is C17H25F3N2O2. The van der Waals surface area contributed by atoms with Crippen molar-refractivity contribution in [1.29, 1.82) is 0 Å². The molecule has 0 spiro atoms. The highest BCUT2D eigenvalue weighted by Gasteiger charge is 2.31. The molecule has 1 aromatic rings. The van der Waals surface area contributed by atoms with Crippen LogP contribution in [0.2, 0.25) is 0 Å². The van der Waals surface area contributed by atoms with E-state index in [9.17, 15) is 13.2 Å². The molecule has 136 valence electrons. The lowest BCUT2D eigenvalue weighted by atomic mass is 9.96. The Bertz CT molecular complexity index is 486. The Balaban J connectivity index is 1.75. The number of rotatable bonds is 7. The molecule has 1 heterocycles.